The van der Waals surface area contributed by atoms with E-state index in [1.807, 2.05) is 78.9 Å². The van der Waals surface area contributed by atoms with Crippen LogP contribution < -0.4 is 11.0 Å². The molecule has 10 heteroatoms. The van der Waals surface area contributed by atoms with Gasteiger partial charge in [-0.3, -0.25) is 19.1 Å². The minimum absolute atomic E-state index is 0.0175. The second-order valence-electron chi connectivity index (χ2n) is 9.58. The van der Waals surface area contributed by atoms with Crippen LogP contribution in [0.15, 0.2) is 53.5 Å². The van der Waals surface area contributed by atoms with Gasteiger partial charge in [0.15, 0.2) is 5.65 Å². The van der Waals surface area contributed by atoms with Crippen molar-refractivity contribution in [2.45, 2.75) is 85.2 Å². The lowest BCUT2D eigenvalue weighted by molar-refractivity contribution is -0.133. The number of benzene rings is 1. The summed E-state index contributed by atoms with van der Waals surface area (Å²) in [5.41, 5.74) is 2.62. The van der Waals surface area contributed by atoms with Crippen molar-refractivity contribution >= 4 is 23.5 Å². The van der Waals surface area contributed by atoms with Gasteiger partial charge in [-0.25, -0.2) is 9.78 Å². The van der Waals surface area contributed by atoms with Crippen LogP contribution in [-0.4, -0.2) is 87.6 Å². The second-order valence-corrected chi connectivity index (χ2v) is 9.58. The summed E-state index contributed by atoms with van der Waals surface area (Å²) in [6.45, 7) is 14.5. The number of aromatic nitrogens is 3. The first-order chi connectivity index (χ1) is 21.0. The fourth-order valence-electron chi connectivity index (χ4n) is 5.32. The summed E-state index contributed by atoms with van der Waals surface area (Å²) in [6.07, 6.45) is 5.98. The smallest absolute Gasteiger partial charge is 0.327 e. The van der Waals surface area contributed by atoms with Gasteiger partial charge in [0.1, 0.15) is 0 Å². The number of β-amino-alcohol motifs (C(OH)–C–C–N with tert-alkyl or cyclic N) is 1. The van der Waals surface area contributed by atoms with E-state index in [9.17, 15) is 14.4 Å². The summed E-state index contributed by atoms with van der Waals surface area (Å²) in [5, 5.41) is 12.2. The molecule has 0 saturated carbocycles. The third-order valence-electron chi connectivity index (χ3n) is 7.35. The second kappa shape index (κ2) is 21.2. The summed E-state index contributed by atoms with van der Waals surface area (Å²) in [4.78, 5) is 45.4. The minimum Gasteiger partial charge on any atom is -0.395 e. The topological polar surface area (TPSA) is 124 Å². The lowest BCUT2D eigenvalue weighted by Crippen LogP contribution is -2.45. The maximum atomic E-state index is 12.3. The highest BCUT2D eigenvalue weighted by Gasteiger charge is 2.30. The standard InChI is InChI=1S/C15H22N2O2.C12H14N4O2.3C2H6/c1-16-14-8-7-13(12-5-3-2-4-6-12)11-17(9-10-18)15(14)19;17-8-15-6-3-9(4-7-15)16-10-2-1-5-13-11(10)14-12(16)18;3*1-2/h2-6,13-14,16,18H,7-11H2,1H3;1-2,5,8-9H,3-4,6-7H2,(H,13,14,18);3*1-2H3. The summed E-state index contributed by atoms with van der Waals surface area (Å²) >= 11 is 0. The number of H-pyrrole nitrogens is 1. The first kappa shape index (κ1) is 37.5. The molecular weight excluding hydrogens is 544 g/mol. The molecule has 43 heavy (non-hydrogen) atoms. The molecule has 2 fully saturated rings. The Labute approximate surface area is 257 Å². The number of pyridine rings is 1. The van der Waals surface area contributed by atoms with Crippen molar-refractivity contribution in [2.75, 3.05) is 39.8 Å². The number of imidazole rings is 1. The van der Waals surface area contributed by atoms with Crippen molar-refractivity contribution in [1.29, 1.82) is 0 Å². The molecule has 5 rings (SSSR count). The highest BCUT2D eigenvalue weighted by Crippen LogP contribution is 2.27. The number of hydrogen-bond donors (Lipinski definition) is 3. The van der Waals surface area contributed by atoms with Gasteiger partial charge in [0.2, 0.25) is 12.3 Å². The van der Waals surface area contributed by atoms with E-state index in [1.54, 1.807) is 20.6 Å². The number of nitrogens with zero attached hydrogens (tertiary/aromatic N) is 4. The fourth-order valence-corrected chi connectivity index (χ4v) is 5.32. The molecule has 2 unspecified atom stereocenters. The molecule has 4 heterocycles. The molecular formula is C33H54N6O4. The van der Waals surface area contributed by atoms with E-state index < -0.39 is 0 Å². The molecule has 2 atom stereocenters. The van der Waals surface area contributed by atoms with Gasteiger partial charge in [0.05, 0.1) is 18.2 Å². The lowest BCUT2D eigenvalue weighted by atomic mass is 9.94. The Morgan fingerprint density at radius 3 is 2.19 bits per heavy atom. The monoisotopic (exact) mass is 598 g/mol. The molecule has 3 aromatic rings. The van der Waals surface area contributed by atoms with E-state index >= 15 is 0 Å². The van der Waals surface area contributed by atoms with E-state index in [0.29, 0.717) is 37.7 Å². The molecule has 2 aliphatic rings. The number of aromatic amines is 1. The van der Waals surface area contributed by atoms with Crippen LogP contribution in [0.1, 0.15) is 84.7 Å². The van der Waals surface area contributed by atoms with Gasteiger partial charge < -0.3 is 20.2 Å². The molecule has 2 saturated heterocycles. The molecule has 240 valence electrons. The van der Waals surface area contributed by atoms with Gasteiger partial charge in [-0.05, 0) is 50.4 Å². The summed E-state index contributed by atoms with van der Waals surface area (Å²) in [7, 11) is 1.82. The molecule has 3 N–H and O–H groups in total. The number of aliphatic hydroxyl groups is 1. The Bertz CT molecular complexity index is 1220. The third kappa shape index (κ3) is 10.6. The molecule has 0 radical (unpaired) electrons. The molecule has 1 aromatic carbocycles. The average Bonchev–Trinajstić information content (AvgIpc) is 3.34. The number of piperidine rings is 1. The van der Waals surface area contributed by atoms with Crippen LogP contribution in [0.3, 0.4) is 0 Å². The number of nitrogens with one attached hydrogen (secondary N) is 2. The normalized spacial score (nSPS) is 18.4. The van der Waals surface area contributed by atoms with Crippen LogP contribution in [0.25, 0.3) is 11.2 Å². The van der Waals surface area contributed by atoms with Crippen molar-refractivity contribution in [2.24, 2.45) is 0 Å². The zero-order valence-electron chi connectivity index (χ0n) is 27.3. The van der Waals surface area contributed by atoms with Crippen LogP contribution in [0.2, 0.25) is 0 Å². The average molecular weight is 599 g/mol. The Morgan fingerprint density at radius 1 is 0.953 bits per heavy atom. The van der Waals surface area contributed by atoms with Gasteiger partial charge in [0, 0.05) is 44.3 Å². The quantitative estimate of drug-likeness (QED) is 0.357. The first-order valence-electron chi connectivity index (χ1n) is 15.9. The summed E-state index contributed by atoms with van der Waals surface area (Å²) in [6, 6.07) is 14.1. The van der Waals surface area contributed by atoms with Crippen molar-refractivity contribution in [3.05, 3.63) is 64.7 Å². The van der Waals surface area contributed by atoms with Crippen LogP contribution in [0, 0.1) is 0 Å². The lowest BCUT2D eigenvalue weighted by Gasteiger charge is -2.29. The maximum Gasteiger partial charge on any atom is 0.327 e. The van der Waals surface area contributed by atoms with Crippen molar-refractivity contribution < 1.29 is 14.7 Å². The number of fused-ring (bicyclic) bond motifs is 1. The number of carbonyl (C=O) groups is 2. The van der Waals surface area contributed by atoms with Crippen LogP contribution >= 0.6 is 0 Å². The zero-order valence-corrected chi connectivity index (χ0v) is 27.3. The van der Waals surface area contributed by atoms with E-state index in [2.05, 4.69) is 27.4 Å². The highest BCUT2D eigenvalue weighted by atomic mass is 16.3. The van der Waals surface area contributed by atoms with Crippen LogP contribution in [-0.2, 0) is 9.59 Å². The predicted octanol–water partition coefficient (Wildman–Crippen LogP) is 4.57. The van der Waals surface area contributed by atoms with E-state index in [0.717, 1.165) is 37.6 Å². The minimum atomic E-state index is -0.125. The van der Waals surface area contributed by atoms with Gasteiger partial charge in [-0.1, -0.05) is 71.9 Å². The van der Waals surface area contributed by atoms with Gasteiger partial charge in [-0.2, -0.15) is 0 Å². The highest BCUT2D eigenvalue weighted by molar-refractivity contribution is 5.82. The number of rotatable bonds is 6. The Morgan fingerprint density at radius 2 is 1.60 bits per heavy atom. The molecule has 0 bridgehead atoms. The van der Waals surface area contributed by atoms with Crippen molar-refractivity contribution in [3.8, 4) is 0 Å². The third-order valence-corrected chi connectivity index (χ3v) is 7.35. The van der Waals surface area contributed by atoms with Crippen LogP contribution in [0.5, 0.6) is 0 Å². The number of amides is 2. The number of aliphatic hydroxyl groups excluding tert-OH is 1. The van der Waals surface area contributed by atoms with Crippen molar-refractivity contribution in [1.82, 2.24) is 29.7 Å². The maximum absolute atomic E-state index is 12.3. The Hall–Kier alpha value is -3.50. The van der Waals surface area contributed by atoms with E-state index in [-0.39, 0.29) is 30.3 Å². The van der Waals surface area contributed by atoms with Gasteiger partial charge in [0.25, 0.3) is 0 Å². The molecule has 0 spiro atoms. The molecule has 2 aromatic heterocycles. The number of carbonyl (C=O) groups excluding carboxylic acids is 2. The van der Waals surface area contributed by atoms with Crippen LogP contribution in [0.4, 0.5) is 0 Å². The summed E-state index contributed by atoms with van der Waals surface area (Å²) < 4.78 is 1.77. The Balaban J connectivity index is 0.000000367. The molecule has 0 aliphatic carbocycles. The van der Waals surface area contributed by atoms with Crippen molar-refractivity contribution in [3.63, 3.8) is 0 Å². The van der Waals surface area contributed by atoms with Gasteiger partial charge >= 0.3 is 5.69 Å². The zero-order chi connectivity index (χ0) is 32.2. The largest absolute Gasteiger partial charge is 0.395 e. The number of hydrogen-bond acceptors (Lipinski definition) is 6. The first-order valence-corrected chi connectivity index (χ1v) is 15.9. The molecule has 2 amide bonds. The number of likely N-dealkylation sites (tertiary alicyclic amines) is 2. The molecule has 10 nitrogen and oxygen atoms in total. The van der Waals surface area contributed by atoms with E-state index in [1.165, 1.54) is 5.56 Å². The summed E-state index contributed by atoms with van der Waals surface area (Å²) in [5.74, 6) is 0.463. The number of likely N-dealkylation sites (N-methyl/N-ethyl adjacent to an activating group) is 1. The van der Waals surface area contributed by atoms with E-state index in [4.69, 9.17) is 5.11 Å². The Kier molecular flexibility index (Phi) is 18.5. The molecule has 2 aliphatic heterocycles. The van der Waals surface area contributed by atoms with Gasteiger partial charge in [-0.15, -0.1) is 0 Å². The fraction of sp³-hybridized carbons (Fsp3) is 0.576. The predicted molar refractivity (Wildman–Crippen MR) is 175 cm³/mol. The SMILES string of the molecule is CC.CC.CC.CNC1CCC(c2ccccc2)CN(CCO)C1=O.O=CN1CCC(n2c(=O)[nH]c3ncccc32)CC1.